The van der Waals surface area contributed by atoms with Gasteiger partial charge in [-0.15, -0.1) is 0 Å². The molecule has 0 aliphatic heterocycles. The summed E-state index contributed by atoms with van der Waals surface area (Å²) in [6, 6.07) is 8.85. The van der Waals surface area contributed by atoms with Crippen molar-refractivity contribution in [1.82, 2.24) is 4.98 Å². The van der Waals surface area contributed by atoms with Gasteiger partial charge in [0.05, 0.1) is 26.1 Å². The molecule has 0 bridgehead atoms. The number of pyridine rings is 1. The van der Waals surface area contributed by atoms with E-state index in [-0.39, 0.29) is 5.75 Å². The number of phenols is 1. The van der Waals surface area contributed by atoms with Crippen molar-refractivity contribution in [3.05, 3.63) is 42.1 Å². The summed E-state index contributed by atoms with van der Waals surface area (Å²) in [5.41, 5.74) is 1.65. The highest BCUT2D eigenvalue weighted by molar-refractivity contribution is 5.46. The third-order valence-corrected chi connectivity index (χ3v) is 2.72. The van der Waals surface area contributed by atoms with Gasteiger partial charge in [-0.2, -0.15) is 0 Å². The highest BCUT2D eigenvalue weighted by Gasteiger charge is 2.03. The second-order valence-electron chi connectivity index (χ2n) is 3.94. The molecule has 1 heterocycles. The number of anilines is 1. The summed E-state index contributed by atoms with van der Waals surface area (Å²) in [6.07, 6.45) is 1.68. The van der Waals surface area contributed by atoms with E-state index in [4.69, 9.17) is 9.47 Å². The molecule has 1 aromatic heterocycles. The number of ether oxygens (including phenoxy) is 2. The Morgan fingerprint density at radius 3 is 2.58 bits per heavy atom. The van der Waals surface area contributed by atoms with E-state index in [1.165, 1.54) is 0 Å². The first-order valence-electron chi connectivity index (χ1n) is 5.82. The lowest BCUT2D eigenvalue weighted by Crippen LogP contribution is -2.00. The highest BCUT2D eigenvalue weighted by Crippen LogP contribution is 2.24. The van der Waals surface area contributed by atoms with Crippen LogP contribution in [-0.2, 0) is 6.54 Å². The molecule has 2 N–H and O–H groups in total. The van der Waals surface area contributed by atoms with E-state index < -0.39 is 0 Å². The van der Waals surface area contributed by atoms with E-state index in [1.807, 2.05) is 18.2 Å². The Balaban J connectivity index is 2.01. The fourth-order valence-electron chi connectivity index (χ4n) is 1.62. The first-order chi connectivity index (χ1) is 9.22. The van der Waals surface area contributed by atoms with Gasteiger partial charge in [0.15, 0.2) is 0 Å². The maximum Gasteiger partial charge on any atom is 0.213 e. The number of methoxy groups -OCH3 is 2. The monoisotopic (exact) mass is 260 g/mol. The van der Waals surface area contributed by atoms with Gasteiger partial charge >= 0.3 is 0 Å². The summed E-state index contributed by atoms with van der Waals surface area (Å²) < 4.78 is 10.0. The molecule has 0 fully saturated rings. The van der Waals surface area contributed by atoms with Gasteiger partial charge in [0.25, 0.3) is 0 Å². The molecule has 0 aliphatic carbocycles. The quantitative estimate of drug-likeness (QED) is 0.864. The van der Waals surface area contributed by atoms with Gasteiger partial charge in [0, 0.05) is 24.2 Å². The average molecular weight is 260 g/mol. The fraction of sp³-hybridized carbons (Fsp3) is 0.214. The standard InChI is InChI=1S/C14H16N2O3/c1-18-12-5-3-10(13(17)7-12)8-15-11-4-6-14(19-2)16-9-11/h3-7,9,15,17H,8H2,1-2H3. The number of aromatic nitrogens is 1. The molecule has 0 saturated carbocycles. The maximum absolute atomic E-state index is 9.83. The number of hydrogen-bond acceptors (Lipinski definition) is 5. The first kappa shape index (κ1) is 13.0. The molecule has 1 aromatic carbocycles. The van der Waals surface area contributed by atoms with Crippen molar-refractivity contribution >= 4 is 5.69 Å². The summed E-state index contributed by atoms with van der Waals surface area (Å²) in [4.78, 5) is 4.09. The summed E-state index contributed by atoms with van der Waals surface area (Å²) >= 11 is 0. The van der Waals surface area contributed by atoms with Crippen LogP contribution in [0.5, 0.6) is 17.4 Å². The second-order valence-corrected chi connectivity index (χ2v) is 3.94. The minimum Gasteiger partial charge on any atom is -0.507 e. The number of hydrogen-bond donors (Lipinski definition) is 2. The number of aromatic hydroxyl groups is 1. The van der Waals surface area contributed by atoms with E-state index in [2.05, 4.69) is 10.3 Å². The predicted octanol–water partition coefficient (Wildman–Crippen LogP) is 2.42. The predicted molar refractivity (Wildman–Crippen MR) is 72.8 cm³/mol. The van der Waals surface area contributed by atoms with Gasteiger partial charge in [-0.05, 0) is 18.2 Å². The molecule has 0 amide bonds. The Bertz CT molecular complexity index is 541. The van der Waals surface area contributed by atoms with Crippen LogP contribution in [0.25, 0.3) is 0 Å². The van der Waals surface area contributed by atoms with Crippen molar-refractivity contribution in [1.29, 1.82) is 0 Å². The van der Waals surface area contributed by atoms with E-state index >= 15 is 0 Å². The first-order valence-corrected chi connectivity index (χ1v) is 5.82. The minimum atomic E-state index is 0.202. The molecule has 0 radical (unpaired) electrons. The van der Waals surface area contributed by atoms with Crippen LogP contribution in [0.4, 0.5) is 5.69 Å². The van der Waals surface area contributed by atoms with Crippen molar-refractivity contribution in [2.24, 2.45) is 0 Å². The molecule has 19 heavy (non-hydrogen) atoms. The van der Waals surface area contributed by atoms with E-state index in [0.717, 1.165) is 11.3 Å². The van der Waals surface area contributed by atoms with E-state index in [0.29, 0.717) is 18.2 Å². The lowest BCUT2D eigenvalue weighted by Gasteiger charge is -2.09. The molecular weight excluding hydrogens is 244 g/mol. The topological polar surface area (TPSA) is 63.6 Å². The van der Waals surface area contributed by atoms with Gasteiger partial charge < -0.3 is 19.9 Å². The normalized spacial score (nSPS) is 10.0. The van der Waals surface area contributed by atoms with Crippen LogP contribution in [0.15, 0.2) is 36.5 Å². The third-order valence-electron chi connectivity index (χ3n) is 2.72. The molecular formula is C14H16N2O3. The Hall–Kier alpha value is -2.43. The Morgan fingerprint density at radius 2 is 2.00 bits per heavy atom. The summed E-state index contributed by atoms with van der Waals surface area (Å²) in [6.45, 7) is 0.504. The van der Waals surface area contributed by atoms with Crippen LogP contribution in [-0.4, -0.2) is 24.3 Å². The molecule has 5 nitrogen and oxygen atoms in total. The highest BCUT2D eigenvalue weighted by atomic mass is 16.5. The molecule has 0 aliphatic rings. The molecule has 2 aromatic rings. The summed E-state index contributed by atoms with van der Waals surface area (Å²) in [5, 5.41) is 13.0. The van der Waals surface area contributed by atoms with Crippen molar-refractivity contribution in [3.8, 4) is 17.4 Å². The number of rotatable bonds is 5. The van der Waals surface area contributed by atoms with E-state index in [9.17, 15) is 5.11 Å². The molecule has 0 spiro atoms. The number of nitrogens with zero attached hydrogens (tertiary/aromatic N) is 1. The Labute approximate surface area is 111 Å². The van der Waals surface area contributed by atoms with Gasteiger partial charge in [-0.3, -0.25) is 0 Å². The molecule has 0 atom stereocenters. The number of nitrogens with one attached hydrogen (secondary N) is 1. The largest absolute Gasteiger partial charge is 0.507 e. The zero-order valence-electron chi connectivity index (χ0n) is 10.9. The van der Waals surface area contributed by atoms with Gasteiger partial charge in [-0.25, -0.2) is 4.98 Å². The zero-order valence-corrected chi connectivity index (χ0v) is 10.9. The molecule has 0 saturated heterocycles. The Morgan fingerprint density at radius 1 is 1.16 bits per heavy atom. The van der Waals surface area contributed by atoms with Crippen molar-refractivity contribution in [2.75, 3.05) is 19.5 Å². The third kappa shape index (κ3) is 3.28. The zero-order chi connectivity index (χ0) is 13.7. The van der Waals surface area contributed by atoms with Crippen molar-refractivity contribution in [2.45, 2.75) is 6.54 Å². The number of benzene rings is 1. The Kier molecular flexibility index (Phi) is 4.07. The SMILES string of the molecule is COc1ccc(CNc2ccc(OC)nc2)c(O)c1. The van der Waals surface area contributed by atoms with Crippen LogP contribution >= 0.6 is 0 Å². The summed E-state index contributed by atoms with van der Waals surface area (Å²) in [5.74, 6) is 1.40. The van der Waals surface area contributed by atoms with Crippen LogP contribution in [0, 0.1) is 0 Å². The fourth-order valence-corrected chi connectivity index (χ4v) is 1.62. The maximum atomic E-state index is 9.83. The van der Waals surface area contributed by atoms with Gasteiger partial charge in [-0.1, -0.05) is 0 Å². The van der Waals surface area contributed by atoms with Crippen molar-refractivity contribution < 1.29 is 14.6 Å². The molecule has 2 rings (SSSR count). The van der Waals surface area contributed by atoms with Crippen LogP contribution in [0.1, 0.15) is 5.56 Å². The summed E-state index contributed by atoms with van der Waals surface area (Å²) in [7, 11) is 3.14. The molecule has 5 heteroatoms. The lowest BCUT2D eigenvalue weighted by atomic mass is 10.2. The molecule has 0 unspecified atom stereocenters. The number of phenolic OH excluding ortho intramolecular Hbond substituents is 1. The minimum absolute atomic E-state index is 0.202. The van der Waals surface area contributed by atoms with Crippen LogP contribution < -0.4 is 14.8 Å². The van der Waals surface area contributed by atoms with Gasteiger partial charge in [0.2, 0.25) is 5.88 Å². The van der Waals surface area contributed by atoms with Crippen LogP contribution in [0.3, 0.4) is 0 Å². The lowest BCUT2D eigenvalue weighted by molar-refractivity contribution is 0.398. The second kappa shape index (κ2) is 5.95. The smallest absolute Gasteiger partial charge is 0.213 e. The van der Waals surface area contributed by atoms with Crippen LogP contribution in [0.2, 0.25) is 0 Å². The van der Waals surface area contributed by atoms with Gasteiger partial charge in [0.1, 0.15) is 11.5 Å². The van der Waals surface area contributed by atoms with Crippen molar-refractivity contribution in [3.63, 3.8) is 0 Å². The average Bonchev–Trinajstić information content (AvgIpc) is 2.46. The van der Waals surface area contributed by atoms with E-state index in [1.54, 1.807) is 32.5 Å². The molecule has 100 valence electrons.